The van der Waals surface area contributed by atoms with Crippen molar-refractivity contribution in [3.8, 4) is 0 Å². The van der Waals surface area contributed by atoms with E-state index in [9.17, 15) is 35.9 Å². The summed E-state index contributed by atoms with van der Waals surface area (Å²) in [6, 6.07) is 8.89. The average Bonchev–Trinajstić information content (AvgIpc) is 3.21. The number of carbonyl (C=O) groups excluding carboxylic acids is 2. The molecule has 1 N–H and O–H groups in total. The Morgan fingerprint density at radius 2 is 1.45 bits per heavy atom. The molecule has 1 heterocycles. The first-order valence-electron chi connectivity index (χ1n) is 12.1. The van der Waals surface area contributed by atoms with Crippen molar-refractivity contribution < 1.29 is 45.4 Å². The van der Waals surface area contributed by atoms with E-state index in [1.807, 2.05) is 0 Å². The van der Waals surface area contributed by atoms with Crippen molar-refractivity contribution in [3.63, 3.8) is 0 Å². The van der Waals surface area contributed by atoms with E-state index in [1.54, 1.807) is 0 Å². The van der Waals surface area contributed by atoms with Gasteiger partial charge in [0, 0.05) is 5.25 Å². The monoisotopic (exact) mass is 585 g/mol. The Kier molecular flexibility index (Phi) is 7.55. The van der Waals surface area contributed by atoms with Gasteiger partial charge >= 0.3 is 24.3 Å². The number of hydrogen-bond acceptors (Lipinski definition) is 7. The zero-order chi connectivity index (χ0) is 28.7. The van der Waals surface area contributed by atoms with Crippen LogP contribution >= 0.6 is 11.8 Å². The van der Waals surface area contributed by atoms with E-state index in [0.29, 0.717) is 11.6 Å². The van der Waals surface area contributed by atoms with Gasteiger partial charge in [-0.2, -0.15) is 31.4 Å². The highest BCUT2D eigenvalue weighted by molar-refractivity contribution is 7.99. The average molecular weight is 586 g/mol. The van der Waals surface area contributed by atoms with Gasteiger partial charge in [0.2, 0.25) is 0 Å². The molecular weight excluding hydrogens is 564 g/mol. The van der Waals surface area contributed by atoms with Gasteiger partial charge in [-0.15, -0.1) is 0 Å². The number of fused-ring (bicyclic) bond motifs is 1. The molecule has 2 fully saturated rings. The second-order valence-corrected chi connectivity index (χ2v) is 10.8. The summed E-state index contributed by atoms with van der Waals surface area (Å²) in [6.07, 6.45) is -7.44. The minimum atomic E-state index is -4.54. The van der Waals surface area contributed by atoms with Gasteiger partial charge < -0.3 is 9.47 Å². The number of nitrogens with zero attached hydrogens (tertiary/aromatic N) is 2. The van der Waals surface area contributed by atoms with Gasteiger partial charge in [-0.05, 0) is 53.6 Å². The summed E-state index contributed by atoms with van der Waals surface area (Å²) in [5.41, 5.74) is -1.40. The first-order valence-corrected chi connectivity index (χ1v) is 13.0. The molecule has 0 spiro atoms. The SMILES string of the molecule is O=C(OCc1cccc(C(F)(F)F)c1)C1CC(Sc2ncn[nH]2)C2C(C(=O)OCc3cccc(C(F)(F)F)c3)C12. The van der Waals surface area contributed by atoms with Gasteiger partial charge in [-0.1, -0.05) is 36.0 Å². The fourth-order valence-corrected chi connectivity index (χ4v) is 6.51. The summed E-state index contributed by atoms with van der Waals surface area (Å²) < 4.78 is 88.7. The molecule has 2 saturated carbocycles. The zero-order valence-corrected chi connectivity index (χ0v) is 21.2. The van der Waals surface area contributed by atoms with E-state index in [-0.39, 0.29) is 35.5 Å². The van der Waals surface area contributed by atoms with Crippen molar-refractivity contribution in [2.45, 2.75) is 42.4 Å². The van der Waals surface area contributed by atoms with Gasteiger partial charge in [-0.25, -0.2) is 4.98 Å². The lowest BCUT2D eigenvalue weighted by molar-refractivity contribution is -0.152. The van der Waals surface area contributed by atoms with Gasteiger partial charge in [-0.3, -0.25) is 14.7 Å². The number of esters is 2. The second-order valence-electron chi connectivity index (χ2n) is 9.58. The van der Waals surface area contributed by atoms with Crippen LogP contribution in [0.5, 0.6) is 0 Å². The third-order valence-corrected chi connectivity index (χ3v) is 8.24. The molecule has 0 radical (unpaired) electrons. The Hall–Kier alpha value is -3.55. The smallest absolute Gasteiger partial charge is 0.416 e. The Balaban J connectivity index is 1.25. The Morgan fingerprint density at radius 3 is 1.98 bits per heavy atom. The topological polar surface area (TPSA) is 94.2 Å². The normalized spacial score (nSPS) is 23.9. The van der Waals surface area contributed by atoms with Crippen LogP contribution in [0.1, 0.15) is 28.7 Å². The van der Waals surface area contributed by atoms with Crippen LogP contribution in [0, 0.1) is 23.7 Å². The molecule has 14 heteroatoms. The molecule has 2 aliphatic rings. The predicted molar refractivity (Wildman–Crippen MR) is 127 cm³/mol. The Bertz CT molecular complexity index is 1380. The maximum atomic E-state index is 13.0. The molecule has 2 aliphatic carbocycles. The molecule has 212 valence electrons. The molecule has 0 saturated heterocycles. The van der Waals surface area contributed by atoms with E-state index >= 15 is 0 Å². The van der Waals surface area contributed by atoms with Crippen molar-refractivity contribution in [3.05, 3.63) is 77.1 Å². The lowest BCUT2D eigenvalue weighted by atomic mass is 10.00. The van der Waals surface area contributed by atoms with Crippen LogP contribution in [-0.4, -0.2) is 32.4 Å². The molecule has 3 aromatic rings. The van der Waals surface area contributed by atoms with Gasteiger partial charge in [0.1, 0.15) is 19.5 Å². The highest BCUT2D eigenvalue weighted by atomic mass is 32.2. The van der Waals surface area contributed by atoms with E-state index in [0.717, 1.165) is 24.3 Å². The lowest BCUT2D eigenvalue weighted by Gasteiger charge is -2.18. The molecule has 5 atom stereocenters. The number of nitrogens with one attached hydrogen (secondary N) is 1. The number of aromatic nitrogens is 3. The first-order chi connectivity index (χ1) is 18.9. The number of hydrogen-bond donors (Lipinski definition) is 1. The summed E-state index contributed by atoms with van der Waals surface area (Å²) in [4.78, 5) is 30.0. The number of ether oxygens (including phenoxy) is 2. The standard InChI is InChI=1S/C26H21F6N3O4S/c27-25(28,29)15-5-1-3-13(7-15)10-38-22(36)17-9-18(40-24-33-12-34-35-24)20-19(17)21(20)23(37)39-11-14-4-2-6-16(8-14)26(30,31)32/h1-8,12,17-21H,9-11H2,(H,33,34,35). The van der Waals surface area contributed by atoms with E-state index in [2.05, 4.69) is 15.2 Å². The quantitative estimate of drug-likeness (QED) is 0.269. The van der Waals surface area contributed by atoms with E-state index < -0.39 is 53.2 Å². The van der Waals surface area contributed by atoms with Crippen LogP contribution in [-0.2, 0) is 44.6 Å². The number of rotatable bonds is 8. The number of thioether (sulfide) groups is 1. The minimum Gasteiger partial charge on any atom is -0.461 e. The summed E-state index contributed by atoms with van der Waals surface area (Å²) >= 11 is 1.29. The number of alkyl halides is 6. The van der Waals surface area contributed by atoms with Crippen LogP contribution < -0.4 is 0 Å². The minimum absolute atomic E-state index is 0.165. The van der Waals surface area contributed by atoms with Crippen molar-refractivity contribution in [1.29, 1.82) is 0 Å². The van der Waals surface area contributed by atoms with E-state index in [4.69, 9.17) is 9.47 Å². The third kappa shape index (κ3) is 6.11. The van der Waals surface area contributed by atoms with Crippen LogP contribution in [0.4, 0.5) is 26.3 Å². The molecule has 40 heavy (non-hydrogen) atoms. The Morgan fingerprint density at radius 1 is 0.875 bits per heavy atom. The summed E-state index contributed by atoms with van der Waals surface area (Å²) in [7, 11) is 0. The maximum absolute atomic E-state index is 13.0. The molecule has 2 aromatic carbocycles. The molecular formula is C26H21F6N3O4S. The van der Waals surface area contributed by atoms with Crippen molar-refractivity contribution in [2.75, 3.05) is 0 Å². The van der Waals surface area contributed by atoms with Crippen LogP contribution in [0.3, 0.4) is 0 Å². The highest BCUT2D eigenvalue weighted by Crippen LogP contribution is 2.64. The molecule has 5 unspecified atom stereocenters. The fourth-order valence-electron chi connectivity index (χ4n) is 5.20. The largest absolute Gasteiger partial charge is 0.461 e. The van der Waals surface area contributed by atoms with Gasteiger partial charge in [0.05, 0.1) is 23.0 Å². The van der Waals surface area contributed by atoms with Crippen molar-refractivity contribution >= 4 is 23.7 Å². The second kappa shape index (κ2) is 10.8. The summed E-state index contributed by atoms with van der Waals surface area (Å²) in [5.74, 6) is -3.43. The summed E-state index contributed by atoms with van der Waals surface area (Å²) in [6.45, 7) is -0.746. The molecule has 0 amide bonds. The van der Waals surface area contributed by atoms with Crippen LogP contribution in [0.15, 0.2) is 60.0 Å². The first kappa shape index (κ1) is 28.0. The van der Waals surface area contributed by atoms with Gasteiger partial charge in [0.25, 0.3) is 0 Å². The number of benzene rings is 2. The Labute approximate surface area is 227 Å². The van der Waals surface area contributed by atoms with Crippen LogP contribution in [0.2, 0.25) is 0 Å². The highest BCUT2D eigenvalue weighted by Gasteiger charge is 2.68. The number of halogens is 6. The molecule has 0 bridgehead atoms. The third-order valence-electron chi connectivity index (χ3n) is 7.01. The van der Waals surface area contributed by atoms with Crippen molar-refractivity contribution in [2.24, 2.45) is 23.7 Å². The number of carbonyl (C=O) groups is 2. The maximum Gasteiger partial charge on any atom is 0.416 e. The molecule has 1 aromatic heterocycles. The lowest BCUT2D eigenvalue weighted by Crippen LogP contribution is -2.24. The molecule has 0 aliphatic heterocycles. The van der Waals surface area contributed by atoms with Gasteiger partial charge in [0.15, 0.2) is 5.16 Å². The molecule has 7 nitrogen and oxygen atoms in total. The number of H-pyrrole nitrogens is 1. The zero-order valence-electron chi connectivity index (χ0n) is 20.4. The van der Waals surface area contributed by atoms with Crippen LogP contribution in [0.25, 0.3) is 0 Å². The fraction of sp³-hybridized carbons (Fsp3) is 0.385. The summed E-state index contributed by atoms with van der Waals surface area (Å²) in [5, 5.41) is 6.73. The predicted octanol–water partition coefficient (Wildman–Crippen LogP) is 5.67. The molecule has 5 rings (SSSR count). The van der Waals surface area contributed by atoms with E-state index in [1.165, 1.54) is 42.4 Å². The number of aromatic amines is 1. The van der Waals surface area contributed by atoms with Crippen molar-refractivity contribution in [1.82, 2.24) is 15.2 Å².